The molecule has 6 heteroatoms. The molecule has 3 rings (SSSR count). The van der Waals surface area contributed by atoms with E-state index in [0.29, 0.717) is 12.2 Å². The van der Waals surface area contributed by atoms with Crippen LogP contribution in [0.5, 0.6) is 0 Å². The zero-order valence-electron chi connectivity index (χ0n) is 12.3. The standard InChI is InChI=1S/C15H23N5O/c16-10-5-3-4-8-20(9-10)14(21)13-11-6-1-2-7-12(11)18-15(17)19-13/h10H,1-9,16H2,(H2,17,18,19)/t10-/m0/s1. The predicted octanol–water partition coefficient (Wildman–Crippen LogP) is 0.891. The molecule has 21 heavy (non-hydrogen) atoms. The van der Waals surface area contributed by atoms with E-state index in [1.165, 1.54) is 0 Å². The summed E-state index contributed by atoms with van der Waals surface area (Å²) in [6, 6.07) is 0.0615. The number of carbonyl (C=O) groups excluding carboxylic acids is 1. The third-order valence-electron chi connectivity index (χ3n) is 4.40. The van der Waals surface area contributed by atoms with Crippen LogP contribution in [0.25, 0.3) is 0 Å². The van der Waals surface area contributed by atoms with Crippen LogP contribution in [0.2, 0.25) is 0 Å². The van der Waals surface area contributed by atoms with Crippen LogP contribution in [0.3, 0.4) is 0 Å². The van der Waals surface area contributed by atoms with Crippen LogP contribution in [0.1, 0.15) is 53.8 Å². The highest BCUT2D eigenvalue weighted by molar-refractivity contribution is 5.94. The van der Waals surface area contributed by atoms with Gasteiger partial charge in [-0.25, -0.2) is 9.97 Å². The maximum Gasteiger partial charge on any atom is 0.273 e. The van der Waals surface area contributed by atoms with Crippen molar-refractivity contribution >= 4 is 11.9 Å². The fourth-order valence-electron chi connectivity index (χ4n) is 3.30. The van der Waals surface area contributed by atoms with Gasteiger partial charge in [-0.1, -0.05) is 6.42 Å². The van der Waals surface area contributed by atoms with E-state index in [9.17, 15) is 4.79 Å². The molecule has 1 aromatic heterocycles. The Morgan fingerprint density at radius 1 is 1.14 bits per heavy atom. The van der Waals surface area contributed by atoms with E-state index in [1.54, 1.807) is 0 Å². The third kappa shape index (κ3) is 3.00. The summed E-state index contributed by atoms with van der Waals surface area (Å²) >= 11 is 0. The Morgan fingerprint density at radius 3 is 2.81 bits per heavy atom. The summed E-state index contributed by atoms with van der Waals surface area (Å²) in [7, 11) is 0. The first-order valence-electron chi connectivity index (χ1n) is 7.85. The Balaban J connectivity index is 1.91. The average Bonchev–Trinajstić information content (AvgIpc) is 2.70. The molecule has 0 saturated carbocycles. The number of likely N-dealkylation sites (tertiary alicyclic amines) is 1. The summed E-state index contributed by atoms with van der Waals surface area (Å²) in [6.45, 7) is 1.36. The summed E-state index contributed by atoms with van der Waals surface area (Å²) in [4.78, 5) is 23.2. The second-order valence-corrected chi connectivity index (χ2v) is 6.07. The van der Waals surface area contributed by atoms with Crippen molar-refractivity contribution in [2.24, 2.45) is 5.73 Å². The molecule has 1 amide bonds. The van der Waals surface area contributed by atoms with Crippen molar-refractivity contribution in [3.63, 3.8) is 0 Å². The average molecular weight is 289 g/mol. The van der Waals surface area contributed by atoms with Gasteiger partial charge in [-0.05, 0) is 38.5 Å². The number of amides is 1. The lowest BCUT2D eigenvalue weighted by Crippen LogP contribution is -2.40. The van der Waals surface area contributed by atoms with Gasteiger partial charge in [0.05, 0.1) is 0 Å². The Hall–Kier alpha value is -1.69. The number of nitrogens with two attached hydrogens (primary N) is 2. The smallest absolute Gasteiger partial charge is 0.273 e. The highest BCUT2D eigenvalue weighted by Crippen LogP contribution is 2.24. The van der Waals surface area contributed by atoms with E-state index in [2.05, 4.69) is 9.97 Å². The van der Waals surface area contributed by atoms with Gasteiger partial charge in [-0.15, -0.1) is 0 Å². The number of aromatic nitrogens is 2. The minimum Gasteiger partial charge on any atom is -0.368 e. The molecule has 0 unspecified atom stereocenters. The van der Waals surface area contributed by atoms with Crippen molar-refractivity contribution in [1.82, 2.24) is 14.9 Å². The van der Waals surface area contributed by atoms with E-state index in [4.69, 9.17) is 11.5 Å². The molecule has 0 aromatic carbocycles. The molecule has 1 aromatic rings. The molecule has 1 aliphatic heterocycles. The molecule has 0 spiro atoms. The first kappa shape index (κ1) is 14.3. The largest absolute Gasteiger partial charge is 0.368 e. The SMILES string of the molecule is Nc1nc2c(c(C(=O)N3CCCC[C@H](N)C3)n1)CCCC2. The van der Waals surface area contributed by atoms with Crippen LogP contribution in [0.15, 0.2) is 0 Å². The number of fused-ring (bicyclic) bond motifs is 1. The molecular weight excluding hydrogens is 266 g/mol. The van der Waals surface area contributed by atoms with E-state index in [0.717, 1.165) is 62.7 Å². The molecule has 1 atom stereocenters. The summed E-state index contributed by atoms with van der Waals surface area (Å²) in [6.07, 6.45) is 7.01. The molecule has 4 N–H and O–H groups in total. The number of rotatable bonds is 1. The molecular formula is C15H23N5O. The predicted molar refractivity (Wildman–Crippen MR) is 80.8 cm³/mol. The Morgan fingerprint density at radius 2 is 1.95 bits per heavy atom. The van der Waals surface area contributed by atoms with E-state index >= 15 is 0 Å². The van der Waals surface area contributed by atoms with Crippen molar-refractivity contribution in [2.75, 3.05) is 18.8 Å². The topological polar surface area (TPSA) is 98.1 Å². The van der Waals surface area contributed by atoms with Gasteiger partial charge in [0.15, 0.2) is 0 Å². The minimum absolute atomic E-state index is 0.0281. The highest BCUT2D eigenvalue weighted by atomic mass is 16.2. The zero-order valence-corrected chi connectivity index (χ0v) is 12.3. The first-order chi connectivity index (χ1) is 10.1. The number of nitrogen functional groups attached to an aromatic ring is 1. The quantitative estimate of drug-likeness (QED) is 0.800. The lowest BCUT2D eigenvalue weighted by Gasteiger charge is -2.25. The van der Waals surface area contributed by atoms with E-state index < -0.39 is 0 Å². The molecule has 6 nitrogen and oxygen atoms in total. The summed E-state index contributed by atoms with van der Waals surface area (Å²) in [5.74, 6) is 0.178. The lowest BCUT2D eigenvalue weighted by molar-refractivity contribution is 0.0747. The molecule has 1 saturated heterocycles. The number of anilines is 1. The molecule has 2 heterocycles. The van der Waals surface area contributed by atoms with Crippen LogP contribution >= 0.6 is 0 Å². The van der Waals surface area contributed by atoms with Crippen LogP contribution in [-0.2, 0) is 12.8 Å². The van der Waals surface area contributed by atoms with Crippen LogP contribution in [-0.4, -0.2) is 39.9 Å². The molecule has 1 fully saturated rings. The monoisotopic (exact) mass is 289 g/mol. The maximum atomic E-state index is 12.8. The molecule has 2 aliphatic rings. The molecule has 114 valence electrons. The number of carbonyl (C=O) groups is 1. The zero-order chi connectivity index (χ0) is 14.8. The fourth-order valence-corrected chi connectivity index (χ4v) is 3.30. The van der Waals surface area contributed by atoms with Crippen molar-refractivity contribution in [3.8, 4) is 0 Å². The van der Waals surface area contributed by atoms with Crippen molar-refractivity contribution in [3.05, 3.63) is 17.0 Å². The third-order valence-corrected chi connectivity index (χ3v) is 4.40. The number of aryl methyl sites for hydroxylation is 1. The molecule has 0 radical (unpaired) electrons. The normalized spacial score (nSPS) is 22.5. The van der Waals surface area contributed by atoms with Gasteiger partial charge in [-0.2, -0.15) is 0 Å². The summed E-state index contributed by atoms with van der Waals surface area (Å²) in [5, 5.41) is 0. The maximum absolute atomic E-state index is 12.8. The van der Waals surface area contributed by atoms with Crippen molar-refractivity contribution in [1.29, 1.82) is 0 Å². The van der Waals surface area contributed by atoms with Crippen molar-refractivity contribution < 1.29 is 4.79 Å². The van der Waals surface area contributed by atoms with Gasteiger partial charge in [-0.3, -0.25) is 4.79 Å². The van der Waals surface area contributed by atoms with Crippen LogP contribution in [0.4, 0.5) is 5.95 Å². The lowest BCUT2D eigenvalue weighted by atomic mass is 9.94. The first-order valence-corrected chi connectivity index (χ1v) is 7.85. The van der Waals surface area contributed by atoms with Gasteiger partial charge in [0, 0.05) is 30.4 Å². The van der Waals surface area contributed by atoms with Gasteiger partial charge < -0.3 is 16.4 Å². The van der Waals surface area contributed by atoms with Crippen LogP contribution < -0.4 is 11.5 Å². The second-order valence-electron chi connectivity index (χ2n) is 6.07. The second kappa shape index (κ2) is 5.97. The molecule has 1 aliphatic carbocycles. The highest BCUT2D eigenvalue weighted by Gasteiger charge is 2.27. The van der Waals surface area contributed by atoms with Gasteiger partial charge in [0.25, 0.3) is 5.91 Å². The summed E-state index contributed by atoms with van der Waals surface area (Å²) < 4.78 is 0. The van der Waals surface area contributed by atoms with E-state index in [1.807, 2.05) is 4.90 Å². The van der Waals surface area contributed by atoms with Gasteiger partial charge in [0.1, 0.15) is 5.69 Å². The Kier molecular flexibility index (Phi) is 4.05. The number of hydrogen-bond donors (Lipinski definition) is 2. The Bertz CT molecular complexity index is 545. The van der Waals surface area contributed by atoms with Crippen LogP contribution in [0, 0.1) is 0 Å². The Labute approximate surface area is 124 Å². The molecule has 0 bridgehead atoms. The van der Waals surface area contributed by atoms with Gasteiger partial charge >= 0.3 is 0 Å². The number of hydrogen-bond acceptors (Lipinski definition) is 5. The number of nitrogens with zero attached hydrogens (tertiary/aromatic N) is 3. The minimum atomic E-state index is -0.0281. The van der Waals surface area contributed by atoms with E-state index in [-0.39, 0.29) is 17.9 Å². The van der Waals surface area contributed by atoms with Crippen molar-refractivity contribution in [2.45, 2.75) is 51.0 Å². The fraction of sp³-hybridized carbons (Fsp3) is 0.667. The van der Waals surface area contributed by atoms with Gasteiger partial charge in [0.2, 0.25) is 5.95 Å². The summed E-state index contributed by atoms with van der Waals surface area (Å²) in [5.41, 5.74) is 14.3.